The van der Waals surface area contributed by atoms with Crippen LogP contribution in [-0.4, -0.2) is 64.8 Å². The van der Waals surface area contributed by atoms with E-state index >= 15 is 0 Å². The quantitative estimate of drug-likeness (QED) is 0.835. The maximum atomic E-state index is 12.6. The number of rotatable bonds is 3. The Morgan fingerprint density at radius 1 is 1.24 bits per heavy atom. The summed E-state index contributed by atoms with van der Waals surface area (Å²) >= 11 is 0. The molecule has 1 amide bonds. The van der Waals surface area contributed by atoms with Crippen LogP contribution in [0.4, 0.5) is 0 Å². The zero-order valence-corrected chi connectivity index (χ0v) is 14.1. The first-order valence-corrected chi connectivity index (χ1v) is 8.48. The van der Waals surface area contributed by atoms with E-state index in [1.165, 1.54) is 0 Å². The molecule has 0 radical (unpaired) electrons. The number of hydrogen-bond acceptors (Lipinski definition) is 6. The highest BCUT2D eigenvalue weighted by Crippen LogP contribution is 2.31. The third-order valence-corrected chi connectivity index (χ3v) is 4.38. The fourth-order valence-electron chi connectivity index (χ4n) is 2.98. The molecule has 1 aromatic heterocycles. The predicted octanol–water partition coefficient (Wildman–Crippen LogP) is 1.29. The van der Waals surface area contributed by atoms with E-state index in [1.54, 1.807) is 15.8 Å². The van der Waals surface area contributed by atoms with Crippen molar-refractivity contribution >= 4 is 5.91 Å². The molecule has 3 heterocycles. The van der Waals surface area contributed by atoms with Gasteiger partial charge in [-0.05, 0) is 18.6 Å². The highest BCUT2D eigenvalue weighted by atomic mass is 16.6. The summed E-state index contributed by atoms with van der Waals surface area (Å²) in [5.74, 6) is 1.27. The maximum Gasteiger partial charge on any atom is 0.276 e. The minimum atomic E-state index is -0.120. The largest absolute Gasteiger partial charge is 0.486 e. The van der Waals surface area contributed by atoms with Gasteiger partial charge in [0.05, 0.1) is 24.6 Å². The van der Waals surface area contributed by atoms with Crippen LogP contribution in [0.1, 0.15) is 23.8 Å². The van der Waals surface area contributed by atoms with E-state index in [9.17, 15) is 4.79 Å². The molecule has 2 aliphatic heterocycles. The number of benzene rings is 1. The molecule has 4 rings (SSSR count). The third kappa shape index (κ3) is 3.17. The van der Waals surface area contributed by atoms with E-state index in [1.807, 2.05) is 18.2 Å². The van der Waals surface area contributed by atoms with Crippen LogP contribution in [-0.2, 0) is 4.74 Å². The molecule has 0 saturated carbocycles. The van der Waals surface area contributed by atoms with Gasteiger partial charge in [-0.1, -0.05) is 12.1 Å². The summed E-state index contributed by atoms with van der Waals surface area (Å²) in [6.07, 6.45) is 2.61. The van der Waals surface area contributed by atoms with E-state index < -0.39 is 0 Å². The lowest BCUT2D eigenvalue weighted by molar-refractivity contribution is -0.0228. The lowest BCUT2D eigenvalue weighted by Gasteiger charge is -2.31. The van der Waals surface area contributed by atoms with E-state index in [2.05, 4.69) is 17.2 Å². The molecule has 0 N–H and O–H groups in total. The predicted molar refractivity (Wildman–Crippen MR) is 88.3 cm³/mol. The van der Waals surface area contributed by atoms with Crippen molar-refractivity contribution < 1.29 is 19.0 Å². The molecule has 0 spiro atoms. The van der Waals surface area contributed by atoms with Gasteiger partial charge in [0.15, 0.2) is 17.2 Å². The third-order valence-electron chi connectivity index (χ3n) is 4.38. The standard InChI is InChI=1S/C17H20N4O4/c1-2-13-10-20(5-6-23-13)17(22)14-11-21(19-18-14)12-3-4-15-16(9-12)25-8-7-24-15/h3-4,9,11,13H,2,5-8,10H2,1H3. The van der Waals surface area contributed by atoms with Crippen molar-refractivity contribution in [3.63, 3.8) is 0 Å². The number of morpholine rings is 1. The van der Waals surface area contributed by atoms with Crippen LogP contribution in [0.15, 0.2) is 24.4 Å². The normalized spacial score (nSPS) is 19.7. The Bertz CT molecular complexity index is 776. The molecule has 132 valence electrons. The minimum Gasteiger partial charge on any atom is -0.486 e. The topological polar surface area (TPSA) is 78.7 Å². The summed E-state index contributed by atoms with van der Waals surface area (Å²) in [4.78, 5) is 14.4. The summed E-state index contributed by atoms with van der Waals surface area (Å²) in [6, 6.07) is 5.53. The van der Waals surface area contributed by atoms with Crippen LogP contribution < -0.4 is 9.47 Å². The summed E-state index contributed by atoms with van der Waals surface area (Å²) in [5.41, 5.74) is 1.09. The molecule has 8 heteroatoms. The van der Waals surface area contributed by atoms with Crippen LogP contribution >= 0.6 is 0 Å². The Morgan fingerprint density at radius 2 is 2.08 bits per heavy atom. The number of nitrogens with zero attached hydrogens (tertiary/aromatic N) is 4. The fourth-order valence-corrected chi connectivity index (χ4v) is 2.98. The average Bonchev–Trinajstić information content (AvgIpc) is 3.17. The summed E-state index contributed by atoms with van der Waals surface area (Å²) in [6.45, 7) is 4.84. The van der Waals surface area contributed by atoms with Gasteiger partial charge in [-0.15, -0.1) is 5.10 Å². The highest BCUT2D eigenvalue weighted by molar-refractivity contribution is 5.92. The van der Waals surface area contributed by atoms with Crippen LogP contribution in [0.25, 0.3) is 5.69 Å². The number of carbonyl (C=O) groups is 1. The zero-order chi connectivity index (χ0) is 17.2. The molecule has 1 saturated heterocycles. The van der Waals surface area contributed by atoms with Gasteiger partial charge in [-0.2, -0.15) is 0 Å². The van der Waals surface area contributed by atoms with Gasteiger partial charge in [-0.3, -0.25) is 4.79 Å². The zero-order valence-electron chi connectivity index (χ0n) is 14.1. The highest BCUT2D eigenvalue weighted by Gasteiger charge is 2.26. The smallest absolute Gasteiger partial charge is 0.276 e. The Morgan fingerprint density at radius 3 is 2.92 bits per heavy atom. The van der Waals surface area contributed by atoms with Gasteiger partial charge in [0.25, 0.3) is 5.91 Å². The van der Waals surface area contributed by atoms with Crippen LogP contribution in [0.5, 0.6) is 11.5 Å². The molecular formula is C17H20N4O4. The van der Waals surface area contributed by atoms with Crippen molar-refractivity contribution in [1.82, 2.24) is 19.9 Å². The van der Waals surface area contributed by atoms with E-state index in [4.69, 9.17) is 14.2 Å². The Labute approximate surface area is 145 Å². The van der Waals surface area contributed by atoms with Crippen molar-refractivity contribution in [3.8, 4) is 17.2 Å². The van der Waals surface area contributed by atoms with E-state index in [-0.39, 0.29) is 12.0 Å². The maximum absolute atomic E-state index is 12.6. The van der Waals surface area contributed by atoms with Crippen molar-refractivity contribution in [2.45, 2.75) is 19.4 Å². The molecule has 1 unspecified atom stereocenters. The second-order valence-electron chi connectivity index (χ2n) is 6.03. The summed E-state index contributed by atoms with van der Waals surface area (Å²) in [5, 5.41) is 8.12. The Balaban J connectivity index is 1.53. The van der Waals surface area contributed by atoms with Crippen molar-refractivity contribution in [2.24, 2.45) is 0 Å². The number of hydrogen-bond donors (Lipinski definition) is 0. The first-order chi connectivity index (χ1) is 12.2. The molecular weight excluding hydrogens is 324 g/mol. The molecule has 2 aliphatic rings. The molecule has 0 bridgehead atoms. The van der Waals surface area contributed by atoms with Gasteiger partial charge < -0.3 is 19.1 Å². The Hall–Kier alpha value is -2.61. The van der Waals surface area contributed by atoms with Crippen molar-refractivity contribution in [1.29, 1.82) is 0 Å². The van der Waals surface area contributed by atoms with Crippen LogP contribution in [0.2, 0.25) is 0 Å². The van der Waals surface area contributed by atoms with Crippen molar-refractivity contribution in [3.05, 3.63) is 30.1 Å². The van der Waals surface area contributed by atoms with Crippen LogP contribution in [0, 0.1) is 0 Å². The van der Waals surface area contributed by atoms with Gasteiger partial charge in [0, 0.05) is 19.2 Å². The van der Waals surface area contributed by atoms with Gasteiger partial charge >= 0.3 is 0 Å². The van der Waals surface area contributed by atoms with E-state index in [0.717, 1.165) is 12.1 Å². The first kappa shape index (κ1) is 15.9. The number of amides is 1. The molecule has 1 aromatic carbocycles. The van der Waals surface area contributed by atoms with E-state index in [0.29, 0.717) is 50.1 Å². The number of aromatic nitrogens is 3. The second-order valence-corrected chi connectivity index (χ2v) is 6.03. The molecule has 1 atom stereocenters. The first-order valence-electron chi connectivity index (χ1n) is 8.48. The lowest BCUT2D eigenvalue weighted by Crippen LogP contribution is -2.45. The van der Waals surface area contributed by atoms with Gasteiger partial charge in [0.2, 0.25) is 0 Å². The molecule has 2 aromatic rings. The van der Waals surface area contributed by atoms with Crippen molar-refractivity contribution in [2.75, 3.05) is 32.9 Å². The number of fused-ring (bicyclic) bond motifs is 1. The molecule has 8 nitrogen and oxygen atoms in total. The lowest BCUT2D eigenvalue weighted by atomic mass is 10.2. The number of ether oxygens (including phenoxy) is 3. The van der Waals surface area contributed by atoms with Crippen LogP contribution in [0.3, 0.4) is 0 Å². The summed E-state index contributed by atoms with van der Waals surface area (Å²) in [7, 11) is 0. The molecule has 0 aliphatic carbocycles. The number of carbonyl (C=O) groups excluding carboxylic acids is 1. The minimum absolute atomic E-state index is 0.0885. The summed E-state index contributed by atoms with van der Waals surface area (Å²) < 4.78 is 18.3. The van der Waals surface area contributed by atoms with Gasteiger partial charge in [0.1, 0.15) is 13.2 Å². The second kappa shape index (κ2) is 6.72. The van der Waals surface area contributed by atoms with Gasteiger partial charge in [-0.25, -0.2) is 4.68 Å². The fraction of sp³-hybridized carbons (Fsp3) is 0.471. The Kier molecular flexibility index (Phi) is 4.27. The molecule has 25 heavy (non-hydrogen) atoms. The monoisotopic (exact) mass is 344 g/mol. The average molecular weight is 344 g/mol. The molecule has 1 fully saturated rings. The SMILES string of the molecule is CCC1CN(C(=O)c2cn(-c3ccc4c(c3)OCCO4)nn2)CCO1.